The van der Waals surface area contributed by atoms with E-state index in [0.29, 0.717) is 5.56 Å². The van der Waals surface area contributed by atoms with E-state index in [1.165, 1.54) is 0 Å². The second-order valence-electron chi connectivity index (χ2n) is 4.72. The zero-order chi connectivity index (χ0) is 14.1. The van der Waals surface area contributed by atoms with Crippen molar-refractivity contribution in [2.75, 3.05) is 0 Å². The molecule has 0 radical (unpaired) electrons. The molecule has 1 N–H and O–H groups in total. The molecule has 0 aliphatic heterocycles. The van der Waals surface area contributed by atoms with Crippen LogP contribution in [0.1, 0.15) is 17.3 Å². The summed E-state index contributed by atoms with van der Waals surface area (Å²) in [7, 11) is 0. The van der Waals surface area contributed by atoms with Gasteiger partial charge in [-0.15, -0.1) is 0 Å². The number of aromatic nitrogens is 1. The van der Waals surface area contributed by atoms with Crippen molar-refractivity contribution in [2.45, 2.75) is 13.5 Å². The van der Waals surface area contributed by atoms with Gasteiger partial charge in [-0.1, -0.05) is 36.4 Å². The van der Waals surface area contributed by atoms with Gasteiger partial charge in [0.1, 0.15) is 0 Å². The molecular weight excluding hydrogens is 250 g/mol. The molecule has 20 heavy (non-hydrogen) atoms. The molecule has 0 spiro atoms. The molecule has 3 rings (SSSR count). The van der Waals surface area contributed by atoms with E-state index in [2.05, 4.69) is 29.7 Å². The van der Waals surface area contributed by atoms with Crippen molar-refractivity contribution in [3.05, 3.63) is 60.2 Å². The summed E-state index contributed by atoms with van der Waals surface area (Å²) < 4.78 is 2.15. The van der Waals surface area contributed by atoms with Gasteiger partial charge in [0.25, 0.3) is 0 Å². The van der Waals surface area contributed by atoms with Gasteiger partial charge in [0, 0.05) is 23.1 Å². The molecule has 0 atom stereocenters. The van der Waals surface area contributed by atoms with Crippen LogP contribution >= 0.6 is 0 Å². The molecule has 3 aromatic rings. The van der Waals surface area contributed by atoms with Gasteiger partial charge >= 0.3 is 5.97 Å². The van der Waals surface area contributed by atoms with Gasteiger partial charge < -0.3 is 9.67 Å². The van der Waals surface area contributed by atoms with Gasteiger partial charge in [0.2, 0.25) is 0 Å². The molecule has 0 bridgehead atoms. The van der Waals surface area contributed by atoms with Crippen LogP contribution in [0.5, 0.6) is 0 Å². The molecule has 100 valence electrons. The lowest BCUT2D eigenvalue weighted by molar-refractivity contribution is 0.0697. The summed E-state index contributed by atoms with van der Waals surface area (Å²) in [5, 5.41) is 10.2. The van der Waals surface area contributed by atoms with Crippen LogP contribution in [-0.4, -0.2) is 15.6 Å². The van der Waals surface area contributed by atoms with E-state index < -0.39 is 5.97 Å². The van der Waals surface area contributed by atoms with Gasteiger partial charge in [-0.2, -0.15) is 0 Å². The summed E-state index contributed by atoms with van der Waals surface area (Å²) in [6, 6.07) is 17.5. The van der Waals surface area contributed by atoms with Gasteiger partial charge in [0.05, 0.1) is 5.56 Å². The first kappa shape index (κ1) is 12.5. The van der Waals surface area contributed by atoms with Gasteiger partial charge in [-0.3, -0.25) is 0 Å². The highest BCUT2D eigenvalue weighted by molar-refractivity contribution is 5.95. The number of carbonyl (C=O) groups is 1. The second-order valence-corrected chi connectivity index (χ2v) is 4.72. The lowest BCUT2D eigenvalue weighted by Gasteiger charge is -2.08. The molecule has 0 saturated carbocycles. The third kappa shape index (κ3) is 1.97. The number of hydrogen-bond acceptors (Lipinski definition) is 1. The Kier molecular flexibility index (Phi) is 3.03. The van der Waals surface area contributed by atoms with Crippen LogP contribution in [0.4, 0.5) is 0 Å². The Bertz CT molecular complexity index is 772. The van der Waals surface area contributed by atoms with E-state index in [9.17, 15) is 4.79 Å². The van der Waals surface area contributed by atoms with Gasteiger partial charge in [-0.25, -0.2) is 4.79 Å². The zero-order valence-electron chi connectivity index (χ0n) is 11.2. The maximum Gasteiger partial charge on any atom is 0.335 e. The highest BCUT2D eigenvalue weighted by atomic mass is 16.4. The molecular formula is C17H15NO2. The van der Waals surface area contributed by atoms with E-state index in [4.69, 9.17) is 5.11 Å². The fourth-order valence-corrected chi connectivity index (χ4v) is 2.58. The van der Waals surface area contributed by atoms with Crippen LogP contribution in [0.2, 0.25) is 0 Å². The number of aryl methyl sites for hydroxylation is 1. The van der Waals surface area contributed by atoms with E-state index in [1.807, 2.05) is 24.3 Å². The number of benzene rings is 2. The first-order chi connectivity index (χ1) is 9.70. The molecule has 0 aliphatic rings. The number of hydrogen-bond donors (Lipinski definition) is 1. The van der Waals surface area contributed by atoms with Crippen LogP contribution in [0.3, 0.4) is 0 Å². The molecule has 3 heteroatoms. The molecule has 2 aromatic carbocycles. The zero-order valence-corrected chi connectivity index (χ0v) is 11.2. The Balaban J connectivity index is 2.27. The van der Waals surface area contributed by atoms with Crippen LogP contribution < -0.4 is 0 Å². The van der Waals surface area contributed by atoms with Gasteiger partial charge in [0.15, 0.2) is 0 Å². The Morgan fingerprint density at radius 2 is 1.85 bits per heavy atom. The van der Waals surface area contributed by atoms with E-state index in [-0.39, 0.29) is 0 Å². The third-order valence-electron chi connectivity index (χ3n) is 3.54. The molecule has 0 amide bonds. The topological polar surface area (TPSA) is 42.2 Å². The Morgan fingerprint density at radius 3 is 2.50 bits per heavy atom. The molecule has 1 heterocycles. The number of carboxylic acid groups (broad SMARTS) is 1. The fraction of sp³-hybridized carbons (Fsp3) is 0.118. The minimum absolute atomic E-state index is 0.324. The van der Waals surface area contributed by atoms with Crippen molar-refractivity contribution in [1.82, 2.24) is 4.57 Å². The van der Waals surface area contributed by atoms with Crippen LogP contribution in [0.25, 0.3) is 22.2 Å². The highest BCUT2D eigenvalue weighted by Gasteiger charge is 2.11. The monoisotopic (exact) mass is 265 g/mol. The Morgan fingerprint density at radius 1 is 1.10 bits per heavy atom. The summed E-state index contributed by atoms with van der Waals surface area (Å²) in [5.74, 6) is -0.892. The summed E-state index contributed by atoms with van der Waals surface area (Å²) in [6.45, 7) is 2.87. The number of rotatable bonds is 3. The Labute approximate surface area is 117 Å². The first-order valence-electron chi connectivity index (χ1n) is 6.62. The maximum absolute atomic E-state index is 11.1. The molecule has 0 saturated heterocycles. The van der Waals surface area contributed by atoms with Gasteiger partial charge in [-0.05, 0) is 30.7 Å². The predicted molar refractivity (Wildman–Crippen MR) is 80.0 cm³/mol. The average molecular weight is 265 g/mol. The van der Waals surface area contributed by atoms with Crippen LogP contribution in [0.15, 0.2) is 54.6 Å². The first-order valence-corrected chi connectivity index (χ1v) is 6.62. The average Bonchev–Trinajstić information content (AvgIpc) is 2.85. The third-order valence-corrected chi connectivity index (χ3v) is 3.54. The molecule has 0 aliphatic carbocycles. The van der Waals surface area contributed by atoms with E-state index in [0.717, 1.165) is 28.7 Å². The molecule has 3 nitrogen and oxygen atoms in total. The fourth-order valence-electron chi connectivity index (χ4n) is 2.58. The van der Waals surface area contributed by atoms with E-state index >= 15 is 0 Å². The number of fused-ring (bicyclic) bond motifs is 1. The lowest BCUT2D eigenvalue weighted by Crippen LogP contribution is -1.99. The standard InChI is InChI=1S/C17H15NO2/c1-2-18-15(12-6-4-3-5-7-12)10-13-8-9-14(17(19)20)11-16(13)18/h3-11H,2H2,1H3,(H,19,20). The number of aromatic carboxylic acids is 1. The summed E-state index contributed by atoms with van der Waals surface area (Å²) in [5.41, 5.74) is 3.55. The number of carboxylic acids is 1. The highest BCUT2D eigenvalue weighted by Crippen LogP contribution is 2.28. The van der Waals surface area contributed by atoms with E-state index in [1.54, 1.807) is 12.1 Å². The predicted octanol–water partition coefficient (Wildman–Crippen LogP) is 4.03. The van der Waals surface area contributed by atoms with Crippen molar-refractivity contribution in [3.8, 4) is 11.3 Å². The molecule has 1 aromatic heterocycles. The van der Waals surface area contributed by atoms with Crippen LogP contribution in [0, 0.1) is 0 Å². The summed E-state index contributed by atoms with van der Waals surface area (Å²) in [4.78, 5) is 11.1. The SMILES string of the molecule is CCn1c(-c2ccccc2)cc2ccc(C(=O)O)cc21. The smallest absolute Gasteiger partial charge is 0.335 e. The van der Waals surface area contributed by atoms with Crippen molar-refractivity contribution >= 4 is 16.9 Å². The minimum atomic E-state index is -0.892. The largest absolute Gasteiger partial charge is 0.478 e. The minimum Gasteiger partial charge on any atom is -0.478 e. The normalized spacial score (nSPS) is 10.8. The van der Waals surface area contributed by atoms with Crippen molar-refractivity contribution in [2.24, 2.45) is 0 Å². The maximum atomic E-state index is 11.1. The van der Waals surface area contributed by atoms with Crippen LogP contribution in [-0.2, 0) is 6.54 Å². The Hall–Kier alpha value is -2.55. The molecule has 0 fully saturated rings. The van der Waals surface area contributed by atoms with Crippen molar-refractivity contribution < 1.29 is 9.90 Å². The lowest BCUT2D eigenvalue weighted by atomic mass is 10.1. The quantitative estimate of drug-likeness (QED) is 0.777. The molecule has 0 unspecified atom stereocenters. The summed E-state index contributed by atoms with van der Waals surface area (Å²) >= 11 is 0. The number of nitrogens with zero attached hydrogens (tertiary/aromatic N) is 1. The van der Waals surface area contributed by atoms with Crippen molar-refractivity contribution in [1.29, 1.82) is 0 Å². The summed E-state index contributed by atoms with van der Waals surface area (Å²) in [6.07, 6.45) is 0. The second kappa shape index (κ2) is 4.85. The van der Waals surface area contributed by atoms with Crippen molar-refractivity contribution in [3.63, 3.8) is 0 Å².